The molecule has 1 aromatic carbocycles. The Labute approximate surface area is 131 Å². The maximum atomic E-state index is 11.1. The van der Waals surface area contributed by atoms with Gasteiger partial charge in [-0.05, 0) is 12.1 Å². The molecule has 1 N–H and O–H groups in total. The molecule has 1 unspecified atom stereocenters. The lowest BCUT2D eigenvalue weighted by Gasteiger charge is -2.22. The highest BCUT2D eigenvalue weighted by Crippen LogP contribution is 2.31. The van der Waals surface area contributed by atoms with Crippen LogP contribution in [0.15, 0.2) is 30.6 Å². The van der Waals surface area contributed by atoms with Gasteiger partial charge in [-0.2, -0.15) is 23.5 Å². The van der Waals surface area contributed by atoms with Crippen LogP contribution >= 0.6 is 23.5 Å². The van der Waals surface area contributed by atoms with E-state index >= 15 is 0 Å². The van der Waals surface area contributed by atoms with Crippen molar-refractivity contribution in [1.82, 2.24) is 4.98 Å². The standard InChI is InChI=1S/C14H15N3O2S2/c18-17(19)14-2-1-13(11-3-4-15-8-12(11)14)16-7-10-9-20-5-6-21-10/h1-4,8,10,16H,5-7,9H2. The van der Waals surface area contributed by atoms with Crippen LogP contribution in [0.4, 0.5) is 11.4 Å². The smallest absolute Gasteiger partial charge is 0.278 e. The molecular weight excluding hydrogens is 306 g/mol. The SMILES string of the molecule is O=[N+]([O-])c1ccc(NCC2CSCCS2)c2ccncc12. The summed E-state index contributed by atoms with van der Waals surface area (Å²) in [6.07, 6.45) is 3.23. The van der Waals surface area contributed by atoms with Gasteiger partial charge < -0.3 is 5.32 Å². The van der Waals surface area contributed by atoms with Crippen LogP contribution in [0.5, 0.6) is 0 Å². The van der Waals surface area contributed by atoms with E-state index in [4.69, 9.17) is 0 Å². The molecule has 5 nitrogen and oxygen atoms in total. The van der Waals surface area contributed by atoms with Gasteiger partial charge in [-0.3, -0.25) is 15.1 Å². The highest BCUT2D eigenvalue weighted by Gasteiger charge is 2.17. The fraction of sp³-hybridized carbons (Fsp3) is 0.357. The Hall–Kier alpha value is -1.47. The predicted molar refractivity (Wildman–Crippen MR) is 90.5 cm³/mol. The molecule has 0 spiro atoms. The molecule has 1 aromatic heterocycles. The van der Waals surface area contributed by atoms with Gasteiger partial charge in [0.15, 0.2) is 0 Å². The van der Waals surface area contributed by atoms with Crippen molar-refractivity contribution in [3.8, 4) is 0 Å². The molecule has 1 atom stereocenters. The Balaban J connectivity index is 1.85. The van der Waals surface area contributed by atoms with E-state index in [0.29, 0.717) is 10.6 Å². The van der Waals surface area contributed by atoms with Crippen LogP contribution in [0.25, 0.3) is 10.8 Å². The van der Waals surface area contributed by atoms with E-state index in [-0.39, 0.29) is 10.6 Å². The average Bonchev–Trinajstić information content (AvgIpc) is 2.53. The number of fused-ring (bicyclic) bond motifs is 1. The van der Waals surface area contributed by atoms with E-state index in [2.05, 4.69) is 10.3 Å². The van der Waals surface area contributed by atoms with E-state index in [0.717, 1.165) is 23.4 Å². The zero-order chi connectivity index (χ0) is 14.7. The molecule has 0 bridgehead atoms. The summed E-state index contributed by atoms with van der Waals surface area (Å²) in [7, 11) is 0. The first-order valence-corrected chi connectivity index (χ1v) is 8.90. The normalized spacial score (nSPS) is 18.6. The summed E-state index contributed by atoms with van der Waals surface area (Å²) in [5.74, 6) is 3.58. The van der Waals surface area contributed by atoms with E-state index < -0.39 is 0 Å². The Morgan fingerprint density at radius 1 is 1.33 bits per heavy atom. The summed E-state index contributed by atoms with van der Waals surface area (Å²) >= 11 is 3.98. The second-order valence-corrected chi connectivity index (χ2v) is 7.32. The summed E-state index contributed by atoms with van der Waals surface area (Å²) in [5.41, 5.74) is 1.04. The number of non-ortho nitro benzene ring substituents is 1. The van der Waals surface area contributed by atoms with Gasteiger partial charge in [0.2, 0.25) is 0 Å². The van der Waals surface area contributed by atoms with E-state index in [1.165, 1.54) is 11.5 Å². The minimum atomic E-state index is -0.360. The van der Waals surface area contributed by atoms with Gasteiger partial charge in [0.1, 0.15) is 0 Å². The molecule has 1 aliphatic heterocycles. The van der Waals surface area contributed by atoms with Crippen LogP contribution in [0.3, 0.4) is 0 Å². The molecule has 1 fully saturated rings. The first-order chi connectivity index (χ1) is 10.3. The third-order valence-electron chi connectivity index (χ3n) is 3.40. The minimum absolute atomic E-state index is 0.103. The lowest BCUT2D eigenvalue weighted by atomic mass is 10.1. The number of benzene rings is 1. The lowest BCUT2D eigenvalue weighted by molar-refractivity contribution is -0.383. The number of rotatable bonds is 4. The summed E-state index contributed by atoms with van der Waals surface area (Å²) < 4.78 is 0. The van der Waals surface area contributed by atoms with Gasteiger partial charge in [0, 0.05) is 58.6 Å². The summed E-state index contributed by atoms with van der Waals surface area (Å²) in [4.78, 5) is 14.7. The van der Waals surface area contributed by atoms with Crippen molar-refractivity contribution in [3.63, 3.8) is 0 Å². The van der Waals surface area contributed by atoms with Gasteiger partial charge >= 0.3 is 0 Å². The van der Waals surface area contributed by atoms with Crippen LogP contribution in [0.1, 0.15) is 0 Å². The van der Waals surface area contributed by atoms with Gasteiger partial charge in [-0.15, -0.1) is 0 Å². The Kier molecular flexibility index (Phi) is 4.50. The fourth-order valence-electron chi connectivity index (χ4n) is 2.37. The maximum absolute atomic E-state index is 11.1. The third kappa shape index (κ3) is 3.24. The molecule has 1 saturated heterocycles. The minimum Gasteiger partial charge on any atom is -0.383 e. The number of anilines is 1. The molecule has 0 aliphatic carbocycles. The highest BCUT2D eigenvalue weighted by atomic mass is 32.2. The van der Waals surface area contributed by atoms with Crippen LogP contribution in [0, 0.1) is 10.1 Å². The number of nitrogens with zero attached hydrogens (tertiary/aromatic N) is 2. The van der Waals surface area contributed by atoms with E-state index in [1.54, 1.807) is 24.5 Å². The first-order valence-electron chi connectivity index (χ1n) is 6.70. The molecule has 2 heterocycles. The Morgan fingerprint density at radius 3 is 3.00 bits per heavy atom. The number of aromatic nitrogens is 1. The van der Waals surface area contributed by atoms with Crippen molar-refractivity contribution in [2.75, 3.05) is 29.1 Å². The molecule has 1 aliphatic rings. The van der Waals surface area contributed by atoms with Crippen LogP contribution in [-0.2, 0) is 0 Å². The highest BCUT2D eigenvalue weighted by molar-refractivity contribution is 8.06. The lowest BCUT2D eigenvalue weighted by Crippen LogP contribution is -2.23. The molecule has 3 rings (SSSR count). The zero-order valence-corrected chi connectivity index (χ0v) is 13.0. The largest absolute Gasteiger partial charge is 0.383 e. The van der Waals surface area contributed by atoms with Crippen LogP contribution in [0.2, 0.25) is 0 Å². The second kappa shape index (κ2) is 6.53. The second-order valence-electron chi connectivity index (χ2n) is 4.76. The van der Waals surface area contributed by atoms with Crippen molar-refractivity contribution < 1.29 is 4.92 Å². The third-order valence-corrected chi connectivity index (χ3v) is 6.24. The topological polar surface area (TPSA) is 68.1 Å². The number of hydrogen-bond donors (Lipinski definition) is 1. The van der Waals surface area contributed by atoms with Crippen molar-refractivity contribution in [2.45, 2.75) is 5.25 Å². The van der Waals surface area contributed by atoms with Gasteiger partial charge in [0.05, 0.1) is 10.3 Å². The fourth-order valence-corrected chi connectivity index (χ4v) is 4.98. The molecular formula is C14H15N3O2S2. The first kappa shape index (κ1) is 14.5. The number of nitro benzene ring substituents is 1. The molecule has 0 radical (unpaired) electrons. The van der Waals surface area contributed by atoms with Gasteiger partial charge in [-0.25, -0.2) is 0 Å². The molecule has 7 heteroatoms. The van der Waals surface area contributed by atoms with Gasteiger partial charge in [0.25, 0.3) is 5.69 Å². The molecule has 21 heavy (non-hydrogen) atoms. The van der Waals surface area contributed by atoms with Crippen LogP contribution < -0.4 is 5.32 Å². The maximum Gasteiger partial charge on any atom is 0.278 e. The molecule has 0 saturated carbocycles. The van der Waals surface area contributed by atoms with Gasteiger partial charge in [-0.1, -0.05) is 0 Å². The predicted octanol–water partition coefficient (Wildman–Crippen LogP) is 3.40. The number of thioether (sulfide) groups is 2. The van der Waals surface area contributed by atoms with E-state index in [9.17, 15) is 10.1 Å². The molecule has 0 amide bonds. The Bertz CT molecular complexity index is 660. The monoisotopic (exact) mass is 321 g/mol. The molecule has 2 aromatic rings. The summed E-state index contributed by atoms with van der Waals surface area (Å²) in [5, 5.41) is 16.6. The quantitative estimate of drug-likeness (QED) is 0.687. The van der Waals surface area contributed by atoms with Crippen molar-refractivity contribution in [1.29, 1.82) is 0 Å². The van der Waals surface area contributed by atoms with E-state index in [1.807, 2.05) is 29.6 Å². The van der Waals surface area contributed by atoms with Crippen molar-refractivity contribution in [2.24, 2.45) is 0 Å². The van der Waals surface area contributed by atoms with Crippen LogP contribution in [-0.4, -0.2) is 39.0 Å². The summed E-state index contributed by atoms with van der Waals surface area (Å²) in [6.45, 7) is 0.882. The Morgan fingerprint density at radius 2 is 2.24 bits per heavy atom. The van der Waals surface area contributed by atoms with Crippen molar-refractivity contribution in [3.05, 3.63) is 40.7 Å². The number of nitrogens with one attached hydrogen (secondary N) is 1. The summed E-state index contributed by atoms with van der Waals surface area (Å²) in [6, 6.07) is 5.17. The number of nitro groups is 1. The van der Waals surface area contributed by atoms with Crippen molar-refractivity contribution >= 4 is 45.7 Å². The molecule has 110 valence electrons. The number of hydrogen-bond acceptors (Lipinski definition) is 6. The zero-order valence-electron chi connectivity index (χ0n) is 11.3. The number of pyridine rings is 1. The average molecular weight is 321 g/mol.